The average Bonchev–Trinajstić information content (AvgIpc) is 2.46. The molecule has 106 valence electrons. The molecule has 0 bridgehead atoms. The van der Waals surface area contributed by atoms with Crippen molar-refractivity contribution in [3.63, 3.8) is 0 Å². The molecule has 0 saturated carbocycles. The second-order valence-corrected chi connectivity index (χ2v) is 5.62. The first kappa shape index (κ1) is 15.0. The number of rotatable bonds is 5. The molecule has 2 atom stereocenters. The van der Waals surface area contributed by atoms with E-state index in [1.165, 1.54) is 0 Å². The number of hydrogen-bond acceptors (Lipinski definition) is 3. The van der Waals surface area contributed by atoms with Crippen LogP contribution in [0.15, 0.2) is 53.0 Å². The van der Waals surface area contributed by atoms with Gasteiger partial charge in [0.1, 0.15) is 18.5 Å². The largest absolute Gasteiger partial charge is 0.490 e. The molecular formula is C16H18BrNO2. The van der Waals surface area contributed by atoms with E-state index in [9.17, 15) is 5.11 Å². The normalized spacial score (nSPS) is 13.8. The fourth-order valence-electron chi connectivity index (χ4n) is 1.95. The van der Waals surface area contributed by atoms with Crippen molar-refractivity contribution < 1.29 is 9.84 Å². The van der Waals surface area contributed by atoms with Gasteiger partial charge in [-0.1, -0.05) is 46.3 Å². The molecule has 2 rings (SSSR count). The topological polar surface area (TPSA) is 55.5 Å². The molecule has 0 radical (unpaired) electrons. The van der Waals surface area contributed by atoms with E-state index in [4.69, 9.17) is 10.5 Å². The molecule has 0 spiro atoms. The van der Waals surface area contributed by atoms with Gasteiger partial charge in [-0.2, -0.15) is 0 Å². The van der Waals surface area contributed by atoms with E-state index in [-0.39, 0.29) is 12.6 Å². The smallest absolute Gasteiger partial charge is 0.124 e. The van der Waals surface area contributed by atoms with Crippen molar-refractivity contribution >= 4 is 15.9 Å². The van der Waals surface area contributed by atoms with Crippen LogP contribution in [0.25, 0.3) is 0 Å². The number of benzene rings is 2. The Kier molecular flexibility index (Phi) is 5.17. The number of halogens is 1. The Balaban J connectivity index is 2.08. The predicted octanol–water partition coefficient (Wildman–Crippen LogP) is 3.58. The monoisotopic (exact) mass is 335 g/mol. The van der Waals surface area contributed by atoms with Gasteiger partial charge in [-0.15, -0.1) is 0 Å². The lowest BCUT2D eigenvalue weighted by molar-refractivity contribution is 0.107. The zero-order valence-electron chi connectivity index (χ0n) is 11.3. The highest BCUT2D eigenvalue weighted by Gasteiger charge is 2.12. The molecule has 2 aromatic carbocycles. The maximum Gasteiger partial charge on any atom is 0.124 e. The Morgan fingerprint density at radius 3 is 2.55 bits per heavy atom. The molecule has 20 heavy (non-hydrogen) atoms. The molecule has 0 amide bonds. The lowest BCUT2D eigenvalue weighted by atomic mass is 10.1. The van der Waals surface area contributed by atoms with E-state index in [0.29, 0.717) is 5.75 Å². The van der Waals surface area contributed by atoms with Crippen LogP contribution in [0.3, 0.4) is 0 Å². The molecule has 0 aliphatic rings. The van der Waals surface area contributed by atoms with E-state index in [1.54, 1.807) is 0 Å². The standard InChI is InChI=1S/C16H18BrNO2/c1-11(18)14-9-13(17)7-8-16(14)20-10-15(19)12-5-3-2-4-6-12/h2-9,11,15,19H,10,18H2,1H3/t11-,15?/m0/s1. The first-order valence-electron chi connectivity index (χ1n) is 6.48. The van der Waals surface area contributed by atoms with Crippen LogP contribution in [0.1, 0.15) is 30.2 Å². The van der Waals surface area contributed by atoms with Gasteiger partial charge >= 0.3 is 0 Å². The highest BCUT2D eigenvalue weighted by molar-refractivity contribution is 9.10. The second kappa shape index (κ2) is 6.88. The van der Waals surface area contributed by atoms with E-state index in [0.717, 1.165) is 15.6 Å². The summed E-state index contributed by atoms with van der Waals surface area (Å²) in [7, 11) is 0. The number of hydrogen-bond donors (Lipinski definition) is 2. The summed E-state index contributed by atoms with van der Waals surface area (Å²) in [5.74, 6) is 0.707. The number of aliphatic hydroxyl groups excluding tert-OH is 1. The molecule has 0 aliphatic carbocycles. The first-order chi connectivity index (χ1) is 9.58. The number of nitrogens with two attached hydrogens (primary N) is 1. The summed E-state index contributed by atoms with van der Waals surface area (Å²) < 4.78 is 6.68. The quantitative estimate of drug-likeness (QED) is 0.877. The molecule has 2 aromatic rings. The molecule has 0 fully saturated rings. The van der Waals surface area contributed by atoms with Gasteiger partial charge in [0, 0.05) is 16.1 Å². The van der Waals surface area contributed by atoms with Crippen LogP contribution < -0.4 is 10.5 Å². The zero-order chi connectivity index (χ0) is 14.5. The SMILES string of the molecule is C[C@H](N)c1cc(Br)ccc1OCC(O)c1ccccc1. The Labute approximate surface area is 127 Å². The number of ether oxygens (including phenoxy) is 1. The van der Waals surface area contributed by atoms with Crippen LogP contribution in [-0.4, -0.2) is 11.7 Å². The van der Waals surface area contributed by atoms with Crippen LogP contribution in [0.4, 0.5) is 0 Å². The van der Waals surface area contributed by atoms with Gasteiger partial charge in [0.05, 0.1) is 0 Å². The molecule has 4 heteroatoms. The highest BCUT2D eigenvalue weighted by Crippen LogP contribution is 2.28. The summed E-state index contributed by atoms with van der Waals surface area (Å²) in [5, 5.41) is 10.1. The summed E-state index contributed by atoms with van der Waals surface area (Å²) in [5.41, 5.74) is 7.69. The second-order valence-electron chi connectivity index (χ2n) is 4.71. The summed E-state index contributed by atoms with van der Waals surface area (Å²) in [6, 6.07) is 15.0. The summed E-state index contributed by atoms with van der Waals surface area (Å²) in [6.07, 6.45) is -0.652. The molecule has 0 heterocycles. The minimum absolute atomic E-state index is 0.128. The van der Waals surface area contributed by atoms with Crippen molar-refractivity contribution in [2.75, 3.05) is 6.61 Å². The van der Waals surface area contributed by atoms with Gasteiger partial charge < -0.3 is 15.6 Å². The molecule has 1 unspecified atom stereocenters. The van der Waals surface area contributed by atoms with Crippen LogP contribution in [0.2, 0.25) is 0 Å². The van der Waals surface area contributed by atoms with E-state index >= 15 is 0 Å². The van der Waals surface area contributed by atoms with Crippen molar-refractivity contribution in [3.05, 3.63) is 64.1 Å². The van der Waals surface area contributed by atoms with Gasteiger partial charge in [0.15, 0.2) is 0 Å². The third kappa shape index (κ3) is 3.82. The van der Waals surface area contributed by atoms with Crippen molar-refractivity contribution in [2.24, 2.45) is 5.73 Å². The number of aliphatic hydroxyl groups is 1. The van der Waals surface area contributed by atoms with E-state index in [1.807, 2.05) is 55.5 Å². The van der Waals surface area contributed by atoms with E-state index < -0.39 is 6.10 Å². The van der Waals surface area contributed by atoms with Gasteiger partial charge in [-0.25, -0.2) is 0 Å². The van der Waals surface area contributed by atoms with Crippen molar-refractivity contribution in [3.8, 4) is 5.75 Å². The van der Waals surface area contributed by atoms with Gasteiger partial charge in [-0.3, -0.25) is 0 Å². The zero-order valence-corrected chi connectivity index (χ0v) is 12.9. The Bertz CT molecular complexity index is 558. The lowest BCUT2D eigenvalue weighted by Gasteiger charge is -2.17. The molecule has 0 aliphatic heterocycles. The predicted molar refractivity (Wildman–Crippen MR) is 83.6 cm³/mol. The van der Waals surface area contributed by atoms with Crippen molar-refractivity contribution in [2.45, 2.75) is 19.1 Å². The Morgan fingerprint density at radius 1 is 1.20 bits per heavy atom. The average molecular weight is 336 g/mol. The molecule has 0 aromatic heterocycles. The molecule has 0 saturated heterocycles. The third-order valence-electron chi connectivity index (χ3n) is 3.04. The third-order valence-corrected chi connectivity index (χ3v) is 3.54. The Morgan fingerprint density at radius 2 is 1.90 bits per heavy atom. The van der Waals surface area contributed by atoms with Crippen LogP contribution in [0, 0.1) is 0 Å². The van der Waals surface area contributed by atoms with Crippen LogP contribution in [-0.2, 0) is 0 Å². The molecule has 3 N–H and O–H groups in total. The minimum atomic E-state index is -0.652. The maximum absolute atomic E-state index is 10.1. The van der Waals surface area contributed by atoms with Crippen molar-refractivity contribution in [1.82, 2.24) is 0 Å². The first-order valence-corrected chi connectivity index (χ1v) is 7.28. The lowest BCUT2D eigenvalue weighted by Crippen LogP contribution is -2.13. The highest BCUT2D eigenvalue weighted by atomic mass is 79.9. The van der Waals surface area contributed by atoms with Crippen LogP contribution in [0.5, 0.6) is 5.75 Å². The minimum Gasteiger partial charge on any atom is -0.490 e. The van der Waals surface area contributed by atoms with Gasteiger partial charge in [0.25, 0.3) is 0 Å². The van der Waals surface area contributed by atoms with E-state index in [2.05, 4.69) is 15.9 Å². The van der Waals surface area contributed by atoms with Gasteiger partial charge in [0.2, 0.25) is 0 Å². The van der Waals surface area contributed by atoms with Crippen molar-refractivity contribution in [1.29, 1.82) is 0 Å². The summed E-state index contributed by atoms with van der Waals surface area (Å²) >= 11 is 3.42. The summed E-state index contributed by atoms with van der Waals surface area (Å²) in [4.78, 5) is 0. The molecular weight excluding hydrogens is 318 g/mol. The fraction of sp³-hybridized carbons (Fsp3) is 0.250. The maximum atomic E-state index is 10.1. The fourth-order valence-corrected chi connectivity index (χ4v) is 2.33. The van der Waals surface area contributed by atoms with Gasteiger partial charge in [-0.05, 0) is 30.7 Å². The Hall–Kier alpha value is -1.36. The van der Waals surface area contributed by atoms with Crippen LogP contribution >= 0.6 is 15.9 Å². The molecule has 3 nitrogen and oxygen atoms in total. The summed E-state index contributed by atoms with van der Waals surface area (Å²) in [6.45, 7) is 2.10.